The third kappa shape index (κ3) is 2.08. The van der Waals surface area contributed by atoms with E-state index < -0.39 is 0 Å². The largest absolute Gasteiger partial charge is 0.487 e. The lowest BCUT2D eigenvalue weighted by atomic mass is 10.2. The Hall–Kier alpha value is -2.63. The van der Waals surface area contributed by atoms with Crippen LogP contribution in [0.15, 0.2) is 61.8 Å². The standard InChI is InChI=1S/C12H8N3O3/c16-12-4-2-8-1-3-10(5-11(8)18-12)17-7-9-6-13-15-14-9/h1-6H,7H2. The van der Waals surface area contributed by atoms with Crippen LogP contribution in [0.2, 0.25) is 0 Å². The molecular weight excluding hydrogens is 234 g/mol. The van der Waals surface area contributed by atoms with Gasteiger partial charge in [0.25, 0.3) is 0 Å². The molecule has 0 saturated heterocycles. The normalized spacial score (nSPS) is 13.4. The van der Waals surface area contributed by atoms with E-state index in [4.69, 9.17) is 9.15 Å². The van der Waals surface area contributed by atoms with Gasteiger partial charge in [0.1, 0.15) is 23.6 Å². The van der Waals surface area contributed by atoms with Crippen LogP contribution in [0.5, 0.6) is 5.75 Å². The summed E-state index contributed by atoms with van der Waals surface area (Å²) >= 11 is 0. The first-order valence-electron chi connectivity index (χ1n) is 5.28. The minimum Gasteiger partial charge on any atom is -0.487 e. The number of ether oxygens (including phenoxy) is 1. The van der Waals surface area contributed by atoms with Gasteiger partial charge in [0.15, 0.2) is 0 Å². The van der Waals surface area contributed by atoms with Crippen molar-refractivity contribution in [3.8, 4) is 5.75 Å². The minimum absolute atomic E-state index is 0.273. The number of rotatable bonds is 3. The number of fused-ring (bicyclic) bond motifs is 1. The summed E-state index contributed by atoms with van der Waals surface area (Å²) in [5, 5.41) is 8.05. The number of hydrogen-bond acceptors (Lipinski definition) is 5. The van der Waals surface area contributed by atoms with Crippen LogP contribution >= 0.6 is 0 Å². The Morgan fingerprint density at radius 2 is 2.11 bits per heavy atom. The molecule has 3 rings (SSSR count). The summed E-state index contributed by atoms with van der Waals surface area (Å²) in [7, 11) is 0. The molecule has 0 unspecified atom stereocenters. The van der Waals surface area contributed by atoms with Crippen molar-refractivity contribution in [1.82, 2.24) is 5.43 Å². The molecule has 0 bridgehead atoms. The summed E-state index contributed by atoms with van der Waals surface area (Å²) in [5.41, 5.74) is 4.35. The molecule has 0 N–H and O–H groups in total. The third-order valence-corrected chi connectivity index (χ3v) is 2.41. The monoisotopic (exact) mass is 242 g/mol. The van der Waals surface area contributed by atoms with E-state index in [1.54, 1.807) is 18.2 Å². The Balaban J connectivity index is 1.84. The topological polar surface area (TPSA) is 78.3 Å². The molecule has 0 amide bonds. The molecule has 1 radical (unpaired) electrons. The number of benzene rings is 1. The molecule has 0 atom stereocenters. The highest BCUT2D eigenvalue weighted by molar-refractivity contribution is 5.77. The van der Waals surface area contributed by atoms with Crippen LogP contribution in [0.3, 0.4) is 0 Å². The Bertz CT molecular complexity index is 703. The fourth-order valence-corrected chi connectivity index (χ4v) is 1.56. The lowest BCUT2D eigenvalue weighted by Gasteiger charge is -2.04. The Morgan fingerprint density at radius 1 is 1.22 bits per heavy atom. The Labute approximate surface area is 102 Å². The maximum atomic E-state index is 11.1. The summed E-state index contributed by atoms with van der Waals surface area (Å²) in [6, 6.07) is 8.38. The predicted molar refractivity (Wildman–Crippen MR) is 63.1 cm³/mol. The molecule has 18 heavy (non-hydrogen) atoms. The van der Waals surface area contributed by atoms with Gasteiger partial charge in [-0.15, -0.1) is 10.5 Å². The maximum absolute atomic E-state index is 11.1. The highest BCUT2D eigenvalue weighted by Gasteiger charge is 2.04. The molecule has 1 aliphatic rings. The van der Waals surface area contributed by atoms with Crippen LogP contribution in [0.4, 0.5) is 0 Å². The second-order valence-corrected chi connectivity index (χ2v) is 3.67. The van der Waals surface area contributed by atoms with Gasteiger partial charge < -0.3 is 9.15 Å². The lowest BCUT2D eigenvalue weighted by molar-refractivity contribution is 0.350. The van der Waals surface area contributed by atoms with Crippen LogP contribution in [-0.4, -0.2) is 6.61 Å². The second-order valence-electron chi connectivity index (χ2n) is 3.67. The van der Waals surface area contributed by atoms with E-state index in [-0.39, 0.29) is 12.2 Å². The summed E-state index contributed by atoms with van der Waals surface area (Å²) < 4.78 is 10.6. The number of hydrogen-bond donors (Lipinski definition) is 0. The molecule has 2 aromatic rings. The lowest BCUT2D eigenvalue weighted by Crippen LogP contribution is -1.99. The molecule has 0 fully saturated rings. The van der Waals surface area contributed by atoms with Crippen molar-refractivity contribution in [1.29, 1.82) is 0 Å². The zero-order valence-electron chi connectivity index (χ0n) is 9.24. The average Bonchev–Trinajstić information content (AvgIpc) is 2.89. The summed E-state index contributed by atoms with van der Waals surface area (Å²) in [4.78, 5) is 11.1. The minimum atomic E-state index is -0.384. The molecule has 89 valence electrons. The van der Waals surface area contributed by atoms with Crippen molar-refractivity contribution >= 4 is 11.0 Å². The van der Waals surface area contributed by atoms with Crippen molar-refractivity contribution in [2.75, 3.05) is 6.61 Å². The molecule has 1 aliphatic heterocycles. The van der Waals surface area contributed by atoms with Crippen LogP contribution in [0.25, 0.3) is 11.0 Å². The highest BCUT2D eigenvalue weighted by atomic mass is 16.5. The van der Waals surface area contributed by atoms with Gasteiger partial charge in [-0.3, -0.25) is 0 Å². The zero-order chi connectivity index (χ0) is 12.4. The van der Waals surface area contributed by atoms with Gasteiger partial charge >= 0.3 is 5.63 Å². The molecule has 6 nitrogen and oxygen atoms in total. The number of nitrogens with zero attached hydrogens (tertiary/aromatic N) is 3. The van der Waals surface area contributed by atoms with Crippen LogP contribution < -0.4 is 15.8 Å². The Kier molecular flexibility index (Phi) is 2.53. The van der Waals surface area contributed by atoms with Gasteiger partial charge in [-0.25, -0.2) is 4.79 Å². The van der Waals surface area contributed by atoms with E-state index in [9.17, 15) is 4.79 Å². The van der Waals surface area contributed by atoms with Crippen molar-refractivity contribution in [3.63, 3.8) is 0 Å². The van der Waals surface area contributed by atoms with Gasteiger partial charge in [-0.2, -0.15) is 0 Å². The van der Waals surface area contributed by atoms with E-state index in [0.717, 1.165) is 5.39 Å². The van der Waals surface area contributed by atoms with Crippen molar-refractivity contribution in [3.05, 3.63) is 52.6 Å². The first-order valence-corrected chi connectivity index (χ1v) is 5.28. The van der Waals surface area contributed by atoms with Gasteiger partial charge in [0.2, 0.25) is 0 Å². The van der Waals surface area contributed by atoms with Crippen molar-refractivity contribution in [2.24, 2.45) is 10.3 Å². The van der Waals surface area contributed by atoms with Gasteiger partial charge in [-0.1, -0.05) is 0 Å². The molecule has 0 spiro atoms. The third-order valence-electron chi connectivity index (χ3n) is 2.41. The van der Waals surface area contributed by atoms with E-state index in [0.29, 0.717) is 17.0 Å². The summed E-state index contributed by atoms with van der Waals surface area (Å²) in [6.07, 6.45) is 1.53. The Morgan fingerprint density at radius 3 is 2.94 bits per heavy atom. The van der Waals surface area contributed by atoms with E-state index in [1.165, 1.54) is 12.3 Å². The summed E-state index contributed by atoms with van der Waals surface area (Å²) in [5.74, 6) is 0.597. The highest BCUT2D eigenvalue weighted by Crippen LogP contribution is 2.20. The molecule has 1 aromatic carbocycles. The second kappa shape index (κ2) is 4.33. The van der Waals surface area contributed by atoms with Crippen molar-refractivity contribution < 1.29 is 9.15 Å². The summed E-state index contributed by atoms with van der Waals surface area (Å²) in [6.45, 7) is 0.273. The predicted octanol–water partition coefficient (Wildman–Crippen LogP) is 2.00. The van der Waals surface area contributed by atoms with Gasteiger partial charge in [0.05, 0.1) is 6.20 Å². The van der Waals surface area contributed by atoms with E-state index >= 15 is 0 Å². The molecule has 6 heteroatoms. The van der Waals surface area contributed by atoms with Gasteiger partial charge in [-0.05, 0) is 23.4 Å². The van der Waals surface area contributed by atoms with Crippen LogP contribution in [0, 0.1) is 0 Å². The first kappa shape index (κ1) is 10.5. The van der Waals surface area contributed by atoms with E-state index in [1.807, 2.05) is 6.07 Å². The smallest absolute Gasteiger partial charge is 0.336 e. The zero-order valence-corrected chi connectivity index (χ0v) is 9.24. The molecule has 0 saturated carbocycles. The average molecular weight is 242 g/mol. The fraction of sp³-hybridized carbons (Fsp3) is 0.0833. The SMILES string of the molecule is O=c1ccc2ccc(OCC3=C[N]N=N3)cc2o1. The first-order chi connectivity index (χ1) is 8.81. The molecule has 2 heterocycles. The molecule has 0 aliphatic carbocycles. The quantitative estimate of drug-likeness (QED) is 0.772. The van der Waals surface area contributed by atoms with E-state index in [2.05, 4.69) is 15.8 Å². The van der Waals surface area contributed by atoms with Crippen LogP contribution in [-0.2, 0) is 0 Å². The van der Waals surface area contributed by atoms with Crippen LogP contribution in [0.1, 0.15) is 0 Å². The van der Waals surface area contributed by atoms with Gasteiger partial charge in [0, 0.05) is 17.5 Å². The maximum Gasteiger partial charge on any atom is 0.336 e. The molecular formula is C12H8N3O3. The fourth-order valence-electron chi connectivity index (χ4n) is 1.56. The van der Waals surface area contributed by atoms with Crippen molar-refractivity contribution in [2.45, 2.75) is 0 Å². The molecule has 1 aromatic heterocycles.